The van der Waals surface area contributed by atoms with Gasteiger partial charge in [-0.2, -0.15) is 0 Å². The van der Waals surface area contributed by atoms with E-state index in [1.807, 2.05) is 25.1 Å². The highest BCUT2D eigenvalue weighted by Crippen LogP contribution is 2.34. The molecule has 2 aromatic carbocycles. The molecule has 0 atom stereocenters. The number of thiazole rings is 1. The number of hydroxylamine groups is 2. The van der Waals surface area contributed by atoms with Crippen molar-refractivity contribution in [3.8, 4) is 10.4 Å². The quantitative estimate of drug-likeness (QED) is 0.629. The standard InChI is InChI=1S/C20H17F2N3O3S/c1-11-6-4-7-12(10-11)17-16(19(27)25(2)28-3)23-20(29-17)24-18(26)15-13(21)8-5-9-14(15)22/h4-10H,1-3H3,(H,23,24,26). The summed E-state index contributed by atoms with van der Waals surface area (Å²) in [6.45, 7) is 1.90. The zero-order valence-electron chi connectivity index (χ0n) is 15.8. The van der Waals surface area contributed by atoms with E-state index in [0.717, 1.165) is 40.2 Å². The topological polar surface area (TPSA) is 71.5 Å². The van der Waals surface area contributed by atoms with E-state index in [1.165, 1.54) is 14.2 Å². The Balaban J connectivity index is 2.02. The molecule has 0 saturated carbocycles. The summed E-state index contributed by atoms with van der Waals surface area (Å²) in [5.41, 5.74) is 1.01. The predicted octanol–water partition coefficient (Wildman–Crippen LogP) is 4.28. The van der Waals surface area contributed by atoms with Crippen LogP contribution in [-0.2, 0) is 4.84 Å². The molecule has 1 heterocycles. The van der Waals surface area contributed by atoms with Crippen molar-refractivity contribution in [3.05, 3.63) is 70.9 Å². The molecule has 0 aliphatic rings. The Morgan fingerprint density at radius 3 is 2.41 bits per heavy atom. The molecule has 1 aromatic heterocycles. The van der Waals surface area contributed by atoms with Crippen LogP contribution < -0.4 is 5.32 Å². The number of aromatic nitrogens is 1. The molecule has 29 heavy (non-hydrogen) atoms. The van der Waals surface area contributed by atoms with Gasteiger partial charge in [0.05, 0.1) is 12.0 Å². The Bertz CT molecular complexity index is 1060. The lowest BCUT2D eigenvalue weighted by Gasteiger charge is -2.13. The average Bonchev–Trinajstić information content (AvgIpc) is 3.10. The molecule has 3 aromatic rings. The Hall–Kier alpha value is -3.17. The van der Waals surface area contributed by atoms with Crippen LogP contribution in [0.1, 0.15) is 26.4 Å². The van der Waals surface area contributed by atoms with Gasteiger partial charge in [0, 0.05) is 7.05 Å². The molecule has 0 unspecified atom stereocenters. The lowest BCUT2D eigenvalue weighted by molar-refractivity contribution is -0.0759. The average molecular weight is 417 g/mol. The number of nitrogens with zero attached hydrogens (tertiary/aromatic N) is 2. The van der Waals surface area contributed by atoms with Crippen molar-refractivity contribution in [1.82, 2.24) is 10.0 Å². The molecule has 0 bridgehead atoms. The first-order chi connectivity index (χ1) is 13.8. The lowest BCUT2D eigenvalue weighted by Crippen LogP contribution is -2.26. The van der Waals surface area contributed by atoms with Crippen molar-refractivity contribution in [2.24, 2.45) is 0 Å². The van der Waals surface area contributed by atoms with E-state index in [9.17, 15) is 18.4 Å². The van der Waals surface area contributed by atoms with Crippen molar-refractivity contribution in [3.63, 3.8) is 0 Å². The predicted molar refractivity (Wildman–Crippen MR) is 106 cm³/mol. The number of benzene rings is 2. The minimum atomic E-state index is -0.996. The molecule has 0 aliphatic heterocycles. The third-order valence-corrected chi connectivity index (χ3v) is 5.10. The normalized spacial score (nSPS) is 10.7. The highest BCUT2D eigenvalue weighted by molar-refractivity contribution is 7.19. The molecule has 0 radical (unpaired) electrons. The third-order valence-electron chi connectivity index (χ3n) is 4.08. The van der Waals surface area contributed by atoms with Gasteiger partial charge in [0.1, 0.15) is 17.2 Å². The number of aryl methyl sites for hydroxylation is 1. The number of carbonyl (C=O) groups is 2. The molecule has 1 N–H and O–H groups in total. The van der Waals surface area contributed by atoms with Gasteiger partial charge in [-0.1, -0.05) is 47.2 Å². The second-order valence-electron chi connectivity index (χ2n) is 6.10. The van der Waals surface area contributed by atoms with Crippen LogP contribution in [0.3, 0.4) is 0 Å². The van der Waals surface area contributed by atoms with Gasteiger partial charge >= 0.3 is 0 Å². The van der Waals surface area contributed by atoms with E-state index < -0.39 is 29.0 Å². The summed E-state index contributed by atoms with van der Waals surface area (Å²) in [7, 11) is 2.76. The summed E-state index contributed by atoms with van der Waals surface area (Å²) in [4.78, 5) is 34.6. The van der Waals surface area contributed by atoms with Crippen LogP contribution in [-0.4, -0.2) is 36.0 Å². The Kier molecular flexibility index (Phi) is 6.00. The molecule has 6 nitrogen and oxygen atoms in total. The monoisotopic (exact) mass is 417 g/mol. The van der Waals surface area contributed by atoms with Crippen molar-refractivity contribution in [1.29, 1.82) is 0 Å². The Morgan fingerprint density at radius 1 is 1.14 bits per heavy atom. The first-order valence-electron chi connectivity index (χ1n) is 8.47. The largest absolute Gasteiger partial charge is 0.298 e. The number of rotatable bonds is 5. The summed E-state index contributed by atoms with van der Waals surface area (Å²) < 4.78 is 27.8. The maximum Gasteiger partial charge on any atom is 0.297 e. The number of hydrogen-bond donors (Lipinski definition) is 1. The molecule has 2 amide bonds. The highest BCUT2D eigenvalue weighted by Gasteiger charge is 2.25. The van der Waals surface area contributed by atoms with E-state index in [0.29, 0.717) is 10.4 Å². The Labute approximate surface area is 169 Å². The van der Waals surface area contributed by atoms with Crippen LogP contribution in [0.4, 0.5) is 13.9 Å². The second-order valence-corrected chi connectivity index (χ2v) is 7.10. The fourth-order valence-electron chi connectivity index (χ4n) is 2.61. The van der Waals surface area contributed by atoms with Crippen molar-refractivity contribution in [2.75, 3.05) is 19.5 Å². The fourth-order valence-corrected chi connectivity index (χ4v) is 3.56. The molecule has 0 aliphatic carbocycles. The van der Waals surface area contributed by atoms with Gasteiger partial charge in [-0.3, -0.25) is 19.7 Å². The van der Waals surface area contributed by atoms with E-state index in [2.05, 4.69) is 10.3 Å². The summed E-state index contributed by atoms with van der Waals surface area (Å²) in [5.74, 6) is -3.51. The number of amides is 2. The van der Waals surface area contributed by atoms with Gasteiger partial charge in [0.25, 0.3) is 11.8 Å². The van der Waals surface area contributed by atoms with Crippen LogP contribution in [0.5, 0.6) is 0 Å². The van der Waals surface area contributed by atoms with E-state index in [-0.39, 0.29) is 10.8 Å². The zero-order chi connectivity index (χ0) is 21.1. The molecule has 3 rings (SSSR count). The highest BCUT2D eigenvalue weighted by atomic mass is 32.1. The van der Waals surface area contributed by atoms with Gasteiger partial charge in [0.2, 0.25) is 0 Å². The number of halogens is 2. The molecule has 0 saturated heterocycles. The summed E-state index contributed by atoms with van der Waals surface area (Å²) in [5, 5.41) is 3.40. The van der Waals surface area contributed by atoms with Gasteiger partial charge in [-0.15, -0.1) is 0 Å². The maximum atomic E-state index is 13.9. The third kappa shape index (κ3) is 4.30. The van der Waals surface area contributed by atoms with Gasteiger partial charge in [-0.25, -0.2) is 18.8 Å². The second kappa shape index (κ2) is 8.46. The Morgan fingerprint density at radius 2 is 1.79 bits per heavy atom. The molecular formula is C20H17F2N3O3S. The minimum Gasteiger partial charge on any atom is -0.298 e. The van der Waals surface area contributed by atoms with Gasteiger partial charge in [-0.05, 0) is 24.6 Å². The molecule has 9 heteroatoms. The molecule has 0 fully saturated rings. The SMILES string of the molecule is CON(C)C(=O)c1nc(NC(=O)c2c(F)cccc2F)sc1-c1cccc(C)c1. The first-order valence-corrected chi connectivity index (χ1v) is 9.29. The van der Waals surface area contributed by atoms with Crippen LogP contribution in [0.15, 0.2) is 42.5 Å². The van der Waals surface area contributed by atoms with E-state index in [4.69, 9.17) is 4.84 Å². The van der Waals surface area contributed by atoms with Crippen LogP contribution in [0, 0.1) is 18.6 Å². The fraction of sp³-hybridized carbons (Fsp3) is 0.150. The minimum absolute atomic E-state index is 0.0296. The van der Waals surface area contributed by atoms with Crippen LogP contribution in [0.2, 0.25) is 0 Å². The number of anilines is 1. The maximum absolute atomic E-state index is 13.9. The van der Waals surface area contributed by atoms with Gasteiger partial charge < -0.3 is 0 Å². The van der Waals surface area contributed by atoms with Gasteiger partial charge in [0.15, 0.2) is 10.8 Å². The van der Waals surface area contributed by atoms with E-state index >= 15 is 0 Å². The number of hydrogen-bond acceptors (Lipinski definition) is 5. The first kappa shape index (κ1) is 20.6. The number of carbonyl (C=O) groups excluding carboxylic acids is 2. The zero-order valence-corrected chi connectivity index (χ0v) is 16.6. The summed E-state index contributed by atoms with van der Waals surface area (Å²) in [6.07, 6.45) is 0. The van der Waals surface area contributed by atoms with Crippen molar-refractivity contribution < 1.29 is 23.2 Å². The number of nitrogens with one attached hydrogen (secondary N) is 1. The van der Waals surface area contributed by atoms with Crippen molar-refractivity contribution in [2.45, 2.75) is 6.92 Å². The molecule has 0 spiro atoms. The summed E-state index contributed by atoms with van der Waals surface area (Å²) in [6, 6.07) is 10.5. The van der Waals surface area contributed by atoms with Crippen LogP contribution in [0.25, 0.3) is 10.4 Å². The lowest BCUT2D eigenvalue weighted by atomic mass is 10.1. The summed E-state index contributed by atoms with van der Waals surface area (Å²) >= 11 is 1.02. The van der Waals surface area contributed by atoms with E-state index in [1.54, 1.807) is 6.07 Å². The van der Waals surface area contributed by atoms with Crippen LogP contribution >= 0.6 is 11.3 Å². The molecule has 150 valence electrons. The van der Waals surface area contributed by atoms with Crippen molar-refractivity contribution >= 4 is 28.3 Å². The molecular weight excluding hydrogens is 400 g/mol. The smallest absolute Gasteiger partial charge is 0.297 e.